The van der Waals surface area contributed by atoms with E-state index in [2.05, 4.69) is 15.9 Å². The molecule has 0 aliphatic heterocycles. The third kappa shape index (κ3) is 2.44. The van der Waals surface area contributed by atoms with Crippen LogP contribution in [0.4, 0.5) is 8.78 Å². The van der Waals surface area contributed by atoms with Crippen LogP contribution in [0.1, 0.15) is 12.5 Å². The fraction of sp³-hybridized carbons (Fsp3) is 0.333. The fourth-order valence-corrected chi connectivity index (χ4v) is 2.64. The molecule has 13 heavy (non-hydrogen) atoms. The molecule has 0 aliphatic rings. The van der Waals surface area contributed by atoms with Gasteiger partial charge in [-0.05, 0) is 28.3 Å². The highest BCUT2D eigenvalue weighted by Crippen LogP contribution is 2.38. The molecule has 0 saturated heterocycles. The molecule has 1 aromatic rings. The predicted octanol–water partition coefficient (Wildman–Crippen LogP) is 4.28. The van der Waals surface area contributed by atoms with Crippen molar-refractivity contribution in [3.8, 4) is 0 Å². The third-order valence-electron chi connectivity index (χ3n) is 1.64. The Morgan fingerprint density at radius 3 is 2.38 bits per heavy atom. The number of hydrogen-bond acceptors (Lipinski definition) is 1. The molecule has 0 N–H and O–H groups in total. The van der Waals surface area contributed by atoms with Gasteiger partial charge in [-0.25, -0.2) is 8.78 Å². The van der Waals surface area contributed by atoms with Gasteiger partial charge in [-0.3, -0.25) is 0 Å². The number of alkyl halides is 2. The maximum Gasteiger partial charge on any atom is 0.271 e. The molecule has 0 spiro atoms. The van der Waals surface area contributed by atoms with Crippen LogP contribution in [-0.2, 0) is 5.92 Å². The smallest absolute Gasteiger partial charge is 0.202 e. The molecular weight excluding hydrogens is 258 g/mol. The zero-order valence-electron chi connectivity index (χ0n) is 7.27. The summed E-state index contributed by atoms with van der Waals surface area (Å²) in [7, 11) is 0. The Kier molecular flexibility index (Phi) is 3.35. The molecule has 0 atom stereocenters. The lowest BCUT2D eigenvalue weighted by molar-refractivity contribution is 0.0145. The fourth-order valence-electron chi connectivity index (χ4n) is 1.06. The Bertz CT molecular complexity index is 307. The van der Waals surface area contributed by atoms with Gasteiger partial charge in [0, 0.05) is 21.9 Å². The number of hydrogen-bond donors (Lipinski definition) is 0. The SMILES string of the molecule is CSc1c(Br)cccc1C(C)(F)F. The van der Waals surface area contributed by atoms with Gasteiger partial charge in [-0.15, -0.1) is 11.8 Å². The largest absolute Gasteiger partial charge is 0.271 e. The molecule has 0 heterocycles. The van der Waals surface area contributed by atoms with Gasteiger partial charge in [0.05, 0.1) is 0 Å². The lowest BCUT2D eigenvalue weighted by Crippen LogP contribution is -2.08. The van der Waals surface area contributed by atoms with E-state index in [1.165, 1.54) is 17.8 Å². The van der Waals surface area contributed by atoms with Gasteiger partial charge in [-0.2, -0.15) is 0 Å². The molecule has 0 bridgehead atoms. The molecule has 0 fully saturated rings. The first-order valence-corrected chi connectivity index (χ1v) is 5.69. The average Bonchev–Trinajstić information content (AvgIpc) is 2.02. The van der Waals surface area contributed by atoms with Crippen LogP contribution >= 0.6 is 27.7 Å². The van der Waals surface area contributed by atoms with E-state index in [1.807, 2.05) is 0 Å². The molecule has 0 radical (unpaired) electrons. The van der Waals surface area contributed by atoms with E-state index in [1.54, 1.807) is 18.4 Å². The van der Waals surface area contributed by atoms with Crippen molar-refractivity contribution in [3.63, 3.8) is 0 Å². The van der Waals surface area contributed by atoms with Crippen molar-refractivity contribution >= 4 is 27.7 Å². The highest BCUT2D eigenvalue weighted by molar-refractivity contribution is 9.10. The quantitative estimate of drug-likeness (QED) is 0.720. The maximum absolute atomic E-state index is 13.0. The topological polar surface area (TPSA) is 0 Å². The Hall–Kier alpha value is -0.0900. The van der Waals surface area contributed by atoms with Crippen molar-refractivity contribution < 1.29 is 8.78 Å². The Balaban J connectivity index is 3.29. The molecule has 0 nitrogen and oxygen atoms in total. The molecule has 0 aromatic heterocycles. The first-order valence-electron chi connectivity index (χ1n) is 3.67. The first-order chi connectivity index (χ1) is 5.96. The maximum atomic E-state index is 13.0. The zero-order chi connectivity index (χ0) is 10.1. The summed E-state index contributed by atoms with van der Waals surface area (Å²) in [4.78, 5) is 0.606. The Labute approximate surface area is 88.8 Å². The van der Waals surface area contributed by atoms with E-state index in [0.717, 1.165) is 11.4 Å². The molecule has 1 rings (SSSR count). The van der Waals surface area contributed by atoms with E-state index in [4.69, 9.17) is 0 Å². The second-order valence-electron chi connectivity index (χ2n) is 2.71. The highest BCUT2D eigenvalue weighted by Gasteiger charge is 2.27. The zero-order valence-corrected chi connectivity index (χ0v) is 9.68. The predicted molar refractivity (Wildman–Crippen MR) is 55.5 cm³/mol. The number of benzene rings is 1. The lowest BCUT2D eigenvalue weighted by atomic mass is 10.1. The summed E-state index contributed by atoms with van der Waals surface area (Å²) >= 11 is 4.57. The summed E-state index contributed by atoms with van der Waals surface area (Å²) in [5.41, 5.74) is 0.0781. The second-order valence-corrected chi connectivity index (χ2v) is 4.38. The van der Waals surface area contributed by atoms with E-state index in [9.17, 15) is 8.78 Å². The van der Waals surface area contributed by atoms with Gasteiger partial charge < -0.3 is 0 Å². The summed E-state index contributed by atoms with van der Waals surface area (Å²) in [6.07, 6.45) is 1.79. The van der Waals surface area contributed by atoms with Crippen LogP contribution in [0.15, 0.2) is 27.6 Å². The van der Waals surface area contributed by atoms with Crippen LogP contribution in [0.25, 0.3) is 0 Å². The number of rotatable bonds is 2. The second kappa shape index (κ2) is 3.96. The average molecular weight is 267 g/mol. The van der Waals surface area contributed by atoms with Gasteiger partial charge in [-0.1, -0.05) is 12.1 Å². The summed E-state index contributed by atoms with van der Waals surface area (Å²) in [5, 5.41) is 0. The number of thioether (sulfide) groups is 1. The normalized spacial score (nSPS) is 11.8. The van der Waals surface area contributed by atoms with E-state index in [-0.39, 0.29) is 5.56 Å². The van der Waals surface area contributed by atoms with Crippen LogP contribution in [0, 0.1) is 0 Å². The molecule has 0 aliphatic carbocycles. The van der Waals surface area contributed by atoms with Crippen LogP contribution in [-0.4, -0.2) is 6.26 Å². The van der Waals surface area contributed by atoms with E-state index < -0.39 is 5.92 Å². The summed E-state index contributed by atoms with van der Waals surface area (Å²) in [6, 6.07) is 4.84. The van der Waals surface area contributed by atoms with Crippen molar-refractivity contribution in [1.29, 1.82) is 0 Å². The molecule has 72 valence electrons. The molecule has 0 amide bonds. The van der Waals surface area contributed by atoms with E-state index >= 15 is 0 Å². The minimum absolute atomic E-state index is 0.0781. The minimum Gasteiger partial charge on any atom is -0.202 e. The van der Waals surface area contributed by atoms with Crippen LogP contribution < -0.4 is 0 Å². The van der Waals surface area contributed by atoms with Crippen LogP contribution in [0.3, 0.4) is 0 Å². The Morgan fingerprint density at radius 1 is 1.38 bits per heavy atom. The summed E-state index contributed by atoms with van der Waals surface area (Å²) in [5.74, 6) is -2.78. The monoisotopic (exact) mass is 266 g/mol. The lowest BCUT2D eigenvalue weighted by Gasteiger charge is -2.15. The van der Waals surface area contributed by atoms with Crippen molar-refractivity contribution in [2.24, 2.45) is 0 Å². The minimum atomic E-state index is -2.78. The molecule has 0 unspecified atom stereocenters. The number of halogens is 3. The van der Waals surface area contributed by atoms with Crippen molar-refractivity contribution in [3.05, 3.63) is 28.2 Å². The van der Waals surface area contributed by atoms with E-state index in [0.29, 0.717) is 4.90 Å². The van der Waals surface area contributed by atoms with Crippen molar-refractivity contribution in [2.45, 2.75) is 17.7 Å². The third-order valence-corrected chi connectivity index (χ3v) is 3.42. The van der Waals surface area contributed by atoms with Gasteiger partial charge >= 0.3 is 0 Å². The molecule has 4 heteroatoms. The molecular formula is C9H9BrF2S. The van der Waals surface area contributed by atoms with Crippen molar-refractivity contribution in [2.75, 3.05) is 6.26 Å². The summed E-state index contributed by atoms with van der Waals surface area (Å²) in [6.45, 7) is 0.911. The van der Waals surface area contributed by atoms with Crippen LogP contribution in [0.5, 0.6) is 0 Å². The standard InChI is InChI=1S/C9H9BrF2S/c1-9(11,12)6-4-3-5-7(10)8(6)13-2/h3-5H,1-2H3. The van der Waals surface area contributed by atoms with Gasteiger partial charge in [0.25, 0.3) is 5.92 Å². The van der Waals surface area contributed by atoms with Gasteiger partial charge in [0.1, 0.15) is 0 Å². The molecule has 0 saturated carbocycles. The summed E-state index contributed by atoms with van der Waals surface area (Å²) < 4.78 is 26.8. The Morgan fingerprint density at radius 2 is 2.00 bits per heavy atom. The van der Waals surface area contributed by atoms with Crippen molar-refractivity contribution in [1.82, 2.24) is 0 Å². The molecule has 1 aromatic carbocycles. The van der Waals surface area contributed by atoms with Gasteiger partial charge in [0.15, 0.2) is 0 Å². The highest BCUT2D eigenvalue weighted by atomic mass is 79.9. The van der Waals surface area contributed by atoms with Gasteiger partial charge in [0.2, 0.25) is 0 Å². The first kappa shape index (κ1) is 11.0. The van der Waals surface area contributed by atoms with Crippen LogP contribution in [0.2, 0.25) is 0 Å².